The summed E-state index contributed by atoms with van der Waals surface area (Å²) in [7, 11) is 1.50. The minimum Gasteiger partial charge on any atom is -0.496 e. The number of nitrogens with one attached hydrogen (secondary N) is 2. The van der Waals surface area contributed by atoms with Crippen molar-refractivity contribution >= 4 is 37.5 Å². The third-order valence-electron chi connectivity index (χ3n) is 3.66. The minimum absolute atomic E-state index is 0.00898. The number of methoxy groups -OCH3 is 1. The van der Waals surface area contributed by atoms with Crippen LogP contribution in [0.25, 0.3) is 0 Å². The molecule has 0 aromatic heterocycles. The van der Waals surface area contributed by atoms with Gasteiger partial charge in [-0.05, 0) is 66.4 Å². The third-order valence-corrected chi connectivity index (χ3v) is 5.65. The zero-order chi connectivity index (χ0) is 20.0. The number of amides is 1. The van der Waals surface area contributed by atoms with Crippen molar-refractivity contribution in [3.63, 3.8) is 0 Å². The van der Waals surface area contributed by atoms with Crippen LogP contribution >= 0.6 is 15.9 Å². The van der Waals surface area contributed by atoms with Crippen molar-refractivity contribution in [1.29, 1.82) is 0 Å². The maximum Gasteiger partial charge on any atom is 0.261 e. The highest BCUT2D eigenvalue weighted by atomic mass is 79.9. The van der Waals surface area contributed by atoms with Gasteiger partial charge in [-0.15, -0.1) is 0 Å². The molecule has 0 saturated carbocycles. The van der Waals surface area contributed by atoms with Crippen LogP contribution in [-0.2, 0) is 10.0 Å². The summed E-state index contributed by atoms with van der Waals surface area (Å²) in [6.07, 6.45) is 0. The van der Waals surface area contributed by atoms with E-state index in [1.54, 1.807) is 30.3 Å². The van der Waals surface area contributed by atoms with Gasteiger partial charge in [-0.2, -0.15) is 0 Å². The van der Waals surface area contributed by atoms with Crippen LogP contribution in [0.15, 0.2) is 51.8 Å². The van der Waals surface area contributed by atoms with Crippen molar-refractivity contribution in [2.75, 3.05) is 39.0 Å². The van der Waals surface area contributed by atoms with Crippen molar-refractivity contribution in [3.8, 4) is 5.75 Å². The van der Waals surface area contributed by atoms with Gasteiger partial charge in [0.25, 0.3) is 15.9 Å². The monoisotopic (exact) mass is 455 g/mol. The van der Waals surface area contributed by atoms with Gasteiger partial charge in [0, 0.05) is 18.7 Å². The number of halogens is 1. The molecule has 2 N–H and O–H groups in total. The van der Waals surface area contributed by atoms with Gasteiger partial charge in [0.05, 0.1) is 22.2 Å². The molecular formula is C18H22BrN3O4S. The number of nitrogens with zero attached hydrogens (tertiary/aromatic N) is 1. The summed E-state index contributed by atoms with van der Waals surface area (Å²) in [5, 5.41) is 2.76. The van der Waals surface area contributed by atoms with E-state index in [1.807, 2.05) is 19.0 Å². The van der Waals surface area contributed by atoms with Crippen LogP contribution in [0, 0.1) is 0 Å². The average Bonchev–Trinajstić information content (AvgIpc) is 2.61. The van der Waals surface area contributed by atoms with Gasteiger partial charge < -0.3 is 15.0 Å². The van der Waals surface area contributed by atoms with E-state index in [9.17, 15) is 13.2 Å². The van der Waals surface area contributed by atoms with Gasteiger partial charge >= 0.3 is 0 Å². The van der Waals surface area contributed by atoms with Crippen molar-refractivity contribution in [2.45, 2.75) is 4.90 Å². The predicted molar refractivity (Wildman–Crippen MR) is 109 cm³/mol. The molecule has 0 fully saturated rings. The number of likely N-dealkylation sites (N-methyl/N-ethyl adjacent to an activating group) is 1. The number of benzene rings is 2. The first-order chi connectivity index (χ1) is 12.7. The Morgan fingerprint density at radius 2 is 1.93 bits per heavy atom. The first-order valence-electron chi connectivity index (χ1n) is 8.12. The van der Waals surface area contributed by atoms with Crippen LogP contribution in [0.3, 0.4) is 0 Å². The lowest BCUT2D eigenvalue weighted by Gasteiger charge is -2.12. The quantitative estimate of drug-likeness (QED) is 0.638. The Balaban J connectivity index is 2.16. The largest absolute Gasteiger partial charge is 0.496 e. The van der Waals surface area contributed by atoms with E-state index in [1.165, 1.54) is 19.2 Å². The van der Waals surface area contributed by atoms with Crippen LogP contribution in [-0.4, -0.2) is 53.5 Å². The van der Waals surface area contributed by atoms with E-state index in [2.05, 4.69) is 26.0 Å². The molecule has 0 aliphatic heterocycles. The Labute approximate surface area is 167 Å². The molecule has 0 saturated heterocycles. The fourth-order valence-electron chi connectivity index (χ4n) is 2.24. The highest BCUT2D eigenvalue weighted by molar-refractivity contribution is 9.10. The Morgan fingerprint density at radius 3 is 2.56 bits per heavy atom. The molecule has 0 bridgehead atoms. The molecule has 0 aliphatic rings. The number of carbonyl (C=O) groups is 1. The molecule has 2 rings (SSSR count). The number of anilines is 1. The highest BCUT2D eigenvalue weighted by Gasteiger charge is 2.17. The lowest BCUT2D eigenvalue weighted by molar-refractivity contribution is 0.0951. The zero-order valence-corrected chi connectivity index (χ0v) is 17.7. The first kappa shape index (κ1) is 21.2. The van der Waals surface area contributed by atoms with Crippen LogP contribution in [0.2, 0.25) is 0 Å². The van der Waals surface area contributed by atoms with Crippen LogP contribution < -0.4 is 14.8 Å². The smallest absolute Gasteiger partial charge is 0.261 e. The van der Waals surface area contributed by atoms with Crippen LogP contribution in [0.1, 0.15) is 10.4 Å². The fourth-order valence-corrected chi connectivity index (χ4v) is 3.88. The van der Waals surface area contributed by atoms with Gasteiger partial charge in [-0.25, -0.2) is 8.42 Å². The molecule has 0 aliphatic carbocycles. The summed E-state index contributed by atoms with van der Waals surface area (Å²) in [5.74, 6) is 0.274. The molecule has 0 atom stereocenters. The summed E-state index contributed by atoms with van der Waals surface area (Å²) >= 11 is 3.32. The number of rotatable bonds is 8. The van der Waals surface area contributed by atoms with Crippen molar-refractivity contribution in [2.24, 2.45) is 0 Å². The number of ether oxygens (including phenoxy) is 1. The van der Waals surface area contributed by atoms with Crippen molar-refractivity contribution in [1.82, 2.24) is 10.2 Å². The van der Waals surface area contributed by atoms with Gasteiger partial charge in [0.1, 0.15) is 5.75 Å². The maximum atomic E-state index is 12.6. The maximum absolute atomic E-state index is 12.6. The van der Waals surface area contributed by atoms with Crippen LogP contribution in [0.5, 0.6) is 5.75 Å². The van der Waals surface area contributed by atoms with E-state index < -0.39 is 10.0 Å². The van der Waals surface area contributed by atoms with E-state index >= 15 is 0 Å². The van der Waals surface area contributed by atoms with E-state index in [-0.39, 0.29) is 16.4 Å². The molecule has 0 unspecified atom stereocenters. The molecular weight excluding hydrogens is 434 g/mol. The summed E-state index contributed by atoms with van der Waals surface area (Å²) < 4.78 is 33.6. The Morgan fingerprint density at radius 1 is 1.19 bits per heavy atom. The molecule has 0 spiro atoms. The molecule has 0 radical (unpaired) electrons. The number of hydrogen-bond acceptors (Lipinski definition) is 5. The average molecular weight is 456 g/mol. The summed E-state index contributed by atoms with van der Waals surface area (Å²) in [5.41, 5.74) is 0.663. The fraction of sp³-hybridized carbons (Fsp3) is 0.278. The van der Waals surface area contributed by atoms with E-state index in [0.717, 1.165) is 0 Å². The first-order valence-corrected chi connectivity index (χ1v) is 10.4. The minimum atomic E-state index is -3.84. The molecule has 9 heteroatoms. The summed E-state index contributed by atoms with van der Waals surface area (Å²) in [6, 6.07) is 10.8. The number of carbonyl (C=O) groups excluding carboxylic acids is 1. The van der Waals surface area contributed by atoms with Crippen molar-refractivity contribution in [3.05, 3.63) is 52.5 Å². The molecule has 2 aromatic carbocycles. The molecule has 2 aromatic rings. The SMILES string of the molecule is COc1ccc(NS(=O)(=O)c2cccc(C(=O)NCCN(C)C)c2)cc1Br. The number of sulfonamides is 1. The standard InChI is InChI=1S/C18H22BrN3O4S/c1-22(2)10-9-20-18(23)13-5-4-6-15(11-13)27(24,25)21-14-7-8-17(26-3)16(19)12-14/h4-8,11-12,21H,9-10H2,1-3H3,(H,20,23). The second-order valence-electron chi connectivity index (χ2n) is 6.04. The predicted octanol–water partition coefficient (Wildman–Crippen LogP) is 2.55. The normalized spacial score (nSPS) is 11.3. The molecule has 1 amide bonds. The lowest BCUT2D eigenvalue weighted by atomic mass is 10.2. The number of hydrogen-bond donors (Lipinski definition) is 2. The second kappa shape index (κ2) is 9.20. The van der Waals surface area contributed by atoms with Gasteiger partial charge in [0.15, 0.2) is 0 Å². The van der Waals surface area contributed by atoms with Gasteiger partial charge in [-0.1, -0.05) is 6.07 Å². The summed E-state index contributed by atoms with van der Waals surface area (Å²) in [4.78, 5) is 14.2. The van der Waals surface area contributed by atoms with Gasteiger partial charge in [0.2, 0.25) is 0 Å². The zero-order valence-electron chi connectivity index (χ0n) is 15.3. The van der Waals surface area contributed by atoms with Crippen molar-refractivity contribution < 1.29 is 17.9 Å². The second-order valence-corrected chi connectivity index (χ2v) is 8.58. The highest BCUT2D eigenvalue weighted by Crippen LogP contribution is 2.28. The Bertz CT molecular complexity index is 917. The third kappa shape index (κ3) is 5.95. The molecule has 0 heterocycles. The van der Waals surface area contributed by atoms with Gasteiger partial charge in [-0.3, -0.25) is 9.52 Å². The summed E-state index contributed by atoms with van der Waals surface area (Å²) in [6.45, 7) is 1.17. The Hall–Kier alpha value is -2.10. The topological polar surface area (TPSA) is 87.7 Å². The molecule has 7 nitrogen and oxygen atoms in total. The Kier molecular flexibility index (Phi) is 7.23. The van der Waals surface area contributed by atoms with Crippen LogP contribution in [0.4, 0.5) is 5.69 Å². The lowest BCUT2D eigenvalue weighted by Crippen LogP contribution is -2.31. The van der Waals surface area contributed by atoms with E-state index in [4.69, 9.17) is 4.74 Å². The molecule has 27 heavy (non-hydrogen) atoms. The molecule has 146 valence electrons. The van der Waals surface area contributed by atoms with E-state index in [0.29, 0.717) is 29.0 Å².